The third-order valence-electron chi connectivity index (χ3n) is 4.40. The van der Waals surface area contributed by atoms with Crippen molar-refractivity contribution in [1.29, 1.82) is 0 Å². The molecule has 1 atom stereocenters. The van der Waals surface area contributed by atoms with Crippen molar-refractivity contribution in [2.24, 2.45) is 5.41 Å². The van der Waals surface area contributed by atoms with Crippen LogP contribution in [0.1, 0.15) is 39.7 Å². The molecule has 1 aliphatic heterocycles. The number of rotatable bonds is 6. The number of sulfonamides is 1. The van der Waals surface area contributed by atoms with Crippen LogP contribution in [0.2, 0.25) is 0 Å². The summed E-state index contributed by atoms with van der Waals surface area (Å²) in [7, 11) is -3.69. The standard InChI is InChI=1S/C20H30N2O6S/c1-14-6-7-16(12-17(14)29(25,26)22-8-10-27-11-9-22)21-19(24)15(2)28-18(23)13-20(3,4)5/h6-7,12,15H,8-11,13H2,1-5H3,(H,21,24)/t15-/m0/s1. The Balaban J connectivity index is 2.11. The van der Waals surface area contributed by atoms with E-state index in [1.807, 2.05) is 20.8 Å². The second-order valence-electron chi connectivity index (χ2n) is 8.36. The minimum atomic E-state index is -3.69. The maximum absolute atomic E-state index is 12.9. The van der Waals surface area contributed by atoms with Crippen molar-refractivity contribution >= 4 is 27.6 Å². The largest absolute Gasteiger partial charge is 0.453 e. The molecule has 162 valence electrons. The molecule has 1 N–H and O–H groups in total. The van der Waals surface area contributed by atoms with Crippen molar-refractivity contribution in [2.45, 2.75) is 52.0 Å². The molecule has 1 aromatic rings. The van der Waals surface area contributed by atoms with Crippen LogP contribution in [0.25, 0.3) is 0 Å². The number of hydrogen-bond donors (Lipinski definition) is 1. The number of anilines is 1. The van der Waals surface area contributed by atoms with Crippen LogP contribution < -0.4 is 5.32 Å². The van der Waals surface area contributed by atoms with Crippen molar-refractivity contribution in [3.8, 4) is 0 Å². The average molecular weight is 427 g/mol. The van der Waals surface area contributed by atoms with Crippen LogP contribution in [0, 0.1) is 12.3 Å². The van der Waals surface area contributed by atoms with Crippen molar-refractivity contribution < 1.29 is 27.5 Å². The molecule has 0 spiro atoms. The lowest BCUT2D eigenvalue weighted by molar-refractivity contribution is -0.154. The molecule has 0 saturated carbocycles. The zero-order valence-corrected chi connectivity index (χ0v) is 18.5. The van der Waals surface area contributed by atoms with E-state index in [4.69, 9.17) is 9.47 Å². The third kappa shape index (κ3) is 6.52. The molecule has 9 heteroatoms. The number of benzene rings is 1. The van der Waals surface area contributed by atoms with E-state index in [1.54, 1.807) is 19.1 Å². The number of nitrogens with one attached hydrogen (secondary N) is 1. The highest BCUT2D eigenvalue weighted by molar-refractivity contribution is 7.89. The van der Waals surface area contributed by atoms with Crippen LogP contribution in [0.15, 0.2) is 23.1 Å². The molecule has 0 unspecified atom stereocenters. The summed E-state index contributed by atoms with van der Waals surface area (Å²) < 4.78 is 37.7. The smallest absolute Gasteiger partial charge is 0.307 e. The summed E-state index contributed by atoms with van der Waals surface area (Å²) in [6.45, 7) is 10.2. The van der Waals surface area contributed by atoms with Gasteiger partial charge in [-0.1, -0.05) is 26.8 Å². The number of hydrogen-bond acceptors (Lipinski definition) is 6. The molecule has 0 radical (unpaired) electrons. The quantitative estimate of drug-likeness (QED) is 0.701. The van der Waals surface area contributed by atoms with E-state index in [-0.39, 0.29) is 16.7 Å². The van der Waals surface area contributed by atoms with Crippen molar-refractivity contribution in [2.75, 3.05) is 31.6 Å². The van der Waals surface area contributed by atoms with Gasteiger partial charge < -0.3 is 14.8 Å². The third-order valence-corrected chi connectivity index (χ3v) is 6.44. The van der Waals surface area contributed by atoms with E-state index in [1.165, 1.54) is 17.3 Å². The number of carbonyl (C=O) groups excluding carboxylic acids is 2. The molecule has 2 rings (SSSR count). The van der Waals surface area contributed by atoms with E-state index in [9.17, 15) is 18.0 Å². The highest BCUT2D eigenvalue weighted by atomic mass is 32.2. The first-order valence-corrected chi connectivity index (χ1v) is 11.0. The second-order valence-corrected chi connectivity index (χ2v) is 10.3. The number of morpholine rings is 1. The summed E-state index contributed by atoms with van der Waals surface area (Å²) in [5.74, 6) is -0.981. The number of amides is 1. The first-order chi connectivity index (χ1) is 13.4. The lowest BCUT2D eigenvalue weighted by Crippen LogP contribution is -2.40. The predicted molar refractivity (Wildman–Crippen MR) is 109 cm³/mol. The van der Waals surface area contributed by atoms with Gasteiger partial charge in [0.05, 0.1) is 24.5 Å². The second kappa shape index (κ2) is 9.23. The monoisotopic (exact) mass is 426 g/mol. The molecular weight excluding hydrogens is 396 g/mol. The van der Waals surface area contributed by atoms with Crippen LogP contribution in [0.4, 0.5) is 5.69 Å². The van der Waals surface area contributed by atoms with Crippen LogP contribution in [-0.4, -0.2) is 57.0 Å². The maximum atomic E-state index is 12.9. The summed E-state index contributed by atoms with van der Waals surface area (Å²) in [6, 6.07) is 4.69. The molecule has 1 aromatic carbocycles. The fourth-order valence-corrected chi connectivity index (χ4v) is 4.51. The van der Waals surface area contributed by atoms with Gasteiger partial charge in [0.2, 0.25) is 10.0 Å². The van der Waals surface area contributed by atoms with Gasteiger partial charge in [-0.2, -0.15) is 4.31 Å². The lowest BCUT2D eigenvalue weighted by Gasteiger charge is -2.27. The van der Waals surface area contributed by atoms with E-state index < -0.39 is 28.0 Å². The number of carbonyl (C=O) groups is 2. The van der Waals surface area contributed by atoms with Gasteiger partial charge in [0.1, 0.15) is 0 Å². The Labute approximate surface area is 172 Å². The highest BCUT2D eigenvalue weighted by Gasteiger charge is 2.28. The van der Waals surface area contributed by atoms with E-state index >= 15 is 0 Å². The predicted octanol–water partition coefficient (Wildman–Crippen LogP) is 2.32. The number of esters is 1. The minimum Gasteiger partial charge on any atom is -0.453 e. The van der Waals surface area contributed by atoms with E-state index in [0.717, 1.165) is 0 Å². The Hall–Kier alpha value is -1.97. The molecule has 0 aliphatic carbocycles. The van der Waals surface area contributed by atoms with Crippen molar-refractivity contribution in [3.63, 3.8) is 0 Å². The Bertz CT molecular complexity index is 854. The van der Waals surface area contributed by atoms with Gasteiger partial charge in [-0.05, 0) is 37.0 Å². The molecule has 0 bridgehead atoms. The molecule has 1 fully saturated rings. The van der Waals surface area contributed by atoms with Crippen molar-refractivity contribution in [1.82, 2.24) is 4.31 Å². The molecule has 0 aromatic heterocycles. The van der Waals surface area contributed by atoms with Gasteiger partial charge in [-0.25, -0.2) is 8.42 Å². The van der Waals surface area contributed by atoms with E-state index in [2.05, 4.69) is 5.32 Å². The fourth-order valence-electron chi connectivity index (χ4n) is 2.85. The normalized spacial score (nSPS) is 16.9. The first kappa shape index (κ1) is 23.3. The maximum Gasteiger partial charge on any atom is 0.307 e. The number of aryl methyl sites for hydroxylation is 1. The summed E-state index contributed by atoms with van der Waals surface area (Å²) in [4.78, 5) is 24.5. The van der Waals surface area contributed by atoms with Gasteiger partial charge in [0.25, 0.3) is 5.91 Å². The molecule has 8 nitrogen and oxygen atoms in total. The Morgan fingerprint density at radius 1 is 1.24 bits per heavy atom. The van der Waals surface area contributed by atoms with Gasteiger partial charge in [-0.3, -0.25) is 9.59 Å². The van der Waals surface area contributed by atoms with Gasteiger partial charge in [0, 0.05) is 18.8 Å². The molecular formula is C20H30N2O6S. The molecule has 1 saturated heterocycles. The summed E-state index contributed by atoms with van der Waals surface area (Å²) >= 11 is 0. The van der Waals surface area contributed by atoms with Crippen LogP contribution in [-0.2, 0) is 29.1 Å². The summed E-state index contributed by atoms with van der Waals surface area (Å²) in [5.41, 5.74) is 0.665. The first-order valence-electron chi connectivity index (χ1n) is 9.59. The number of ether oxygens (including phenoxy) is 2. The zero-order valence-electron chi connectivity index (χ0n) is 17.6. The summed E-state index contributed by atoms with van der Waals surface area (Å²) in [6.07, 6.45) is -0.803. The molecule has 29 heavy (non-hydrogen) atoms. The highest BCUT2D eigenvalue weighted by Crippen LogP contribution is 2.25. The van der Waals surface area contributed by atoms with Gasteiger partial charge in [-0.15, -0.1) is 0 Å². The Morgan fingerprint density at radius 3 is 2.45 bits per heavy atom. The van der Waals surface area contributed by atoms with E-state index in [0.29, 0.717) is 37.6 Å². The fraction of sp³-hybridized carbons (Fsp3) is 0.600. The van der Waals surface area contributed by atoms with Gasteiger partial charge >= 0.3 is 5.97 Å². The molecule has 1 heterocycles. The van der Waals surface area contributed by atoms with Gasteiger partial charge in [0.15, 0.2) is 6.10 Å². The van der Waals surface area contributed by atoms with Crippen LogP contribution in [0.3, 0.4) is 0 Å². The molecule has 1 aliphatic rings. The average Bonchev–Trinajstić information content (AvgIpc) is 2.62. The zero-order chi connectivity index (χ0) is 21.8. The minimum absolute atomic E-state index is 0.134. The topological polar surface area (TPSA) is 102 Å². The molecule has 1 amide bonds. The van der Waals surface area contributed by atoms with Crippen LogP contribution in [0.5, 0.6) is 0 Å². The van der Waals surface area contributed by atoms with Crippen molar-refractivity contribution in [3.05, 3.63) is 23.8 Å². The number of nitrogens with zero attached hydrogens (tertiary/aromatic N) is 1. The Kier molecular flexibility index (Phi) is 7.42. The Morgan fingerprint density at radius 2 is 1.86 bits per heavy atom. The lowest BCUT2D eigenvalue weighted by atomic mass is 9.92. The van der Waals surface area contributed by atoms with Crippen LogP contribution >= 0.6 is 0 Å². The summed E-state index contributed by atoms with van der Waals surface area (Å²) in [5, 5.41) is 2.63. The SMILES string of the molecule is Cc1ccc(NC(=O)[C@H](C)OC(=O)CC(C)(C)C)cc1S(=O)(=O)N1CCOCC1.